The third kappa shape index (κ3) is 2.62. The van der Waals surface area contributed by atoms with Crippen LogP contribution in [0.3, 0.4) is 0 Å². The van der Waals surface area contributed by atoms with Gasteiger partial charge in [-0.1, -0.05) is 12.8 Å². The maximum absolute atomic E-state index is 12.0. The first-order valence-electron chi connectivity index (χ1n) is 6.30. The molecule has 1 heterocycles. The highest BCUT2D eigenvalue weighted by molar-refractivity contribution is 5.84. The van der Waals surface area contributed by atoms with E-state index in [1.54, 1.807) is 0 Å². The van der Waals surface area contributed by atoms with Gasteiger partial charge in [0.15, 0.2) is 0 Å². The molecule has 16 heavy (non-hydrogen) atoms. The predicted octanol–water partition coefficient (Wildman–Crippen LogP) is 0.581. The average Bonchev–Trinajstić information content (AvgIpc) is 2.54. The first kappa shape index (κ1) is 12.0. The van der Waals surface area contributed by atoms with Crippen molar-refractivity contribution in [1.29, 1.82) is 0 Å². The molecule has 1 aliphatic carbocycles. The van der Waals surface area contributed by atoms with Crippen LogP contribution < -0.4 is 0 Å². The molecular weight excluding hydrogens is 206 g/mol. The smallest absolute Gasteiger partial charge is 0.149 e. The molecule has 2 fully saturated rings. The topological polar surface area (TPSA) is 49.8 Å². The van der Waals surface area contributed by atoms with Crippen molar-refractivity contribution < 1.29 is 14.6 Å². The van der Waals surface area contributed by atoms with E-state index in [2.05, 4.69) is 4.90 Å². The quantitative estimate of drug-likeness (QED) is 0.701. The summed E-state index contributed by atoms with van der Waals surface area (Å²) >= 11 is 0. The van der Waals surface area contributed by atoms with E-state index >= 15 is 0 Å². The number of rotatable bonds is 2. The minimum absolute atomic E-state index is 0.0146. The molecule has 0 spiro atoms. The van der Waals surface area contributed by atoms with Crippen LogP contribution in [0.5, 0.6) is 0 Å². The van der Waals surface area contributed by atoms with Gasteiger partial charge in [-0.05, 0) is 12.8 Å². The molecule has 0 aromatic heterocycles. The first-order chi connectivity index (χ1) is 7.83. The van der Waals surface area contributed by atoms with Crippen molar-refractivity contribution in [1.82, 2.24) is 4.90 Å². The summed E-state index contributed by atoms with van der Waals surface area (Å²) in [6.07, 6.45) is 4.99. The molecule has 1 aliphatic heterocycles. The summed E-state index contributed by atoms with van der Waals surface area (Å²) < 4.78 is 5.35. The third-order valence-corrected chi connectivity index (χ3v) is 3.66. The number of ketones is 1. The number of hydrogen-bond acceptors (Lipinski definition) is 4. The summed E-state index contributed by atoms with van der Waals surface area (Å²) in [5, 5.41) is 9.32. The van der Waals surface area contributed by atoms with Gasteiger partial charge in [-0.25, -0.2) is 0 Å². The van der Waals surface area contributed by atoms with E-state index in [-0.39, 0.29) is 18.7 Å². The van der Waals surface area contributed by atoms with Crippen molar-refractivity contribution in [3.63, 3.8) is 0 Å². The summed E-state index contributed by atoms with van der Waals surface area (Å²) in [7, 11) is 0. The van der Waals surface area contributed by atoms with Crippen LogP contribution in [0.2, 0.25) is 0 Å². The lowest BCUT2D eigenvalue weighted by Gasteiger charge is -2.39. The highest BCUT2D eigenvalue weighted by atomic mass is 16.5. The molecule has 4 heteroatoms. The Kier molecular flexibility index (Phi) is 4.32. The van der Waals surface area contributed by atoms with E-state index in [0.29, 0.717) is 25.4 Å². The summed E-state index contributed by atoms with van der Waals surface area (Å²) in [6, 6.07) is 0.0457. The SMILES string of the molecule is O=C1CCCCCC1N1CCOCC1CO. The van der Waals surface area contributed by atoms with Gasteiger partial charge in [0.05, 0.1) is 31.9 Å². The fraction of sp³-hybridized carbons (Fsp3) is 0.917. The predicted molar refractivity (Wildman–Crippen MR) is 60.3 cm³/mol. The number of Topliss-reactive ketones (excluding diaryl/α,β-unsaturated/α-hetero) is 1. The number of hydrogen-bond donors (Lipinski definition) is 1. The second-order valence-electron chi connectivity index (χ2n) is 4.73. The van der Waals surface area contributed by atoms with Crippen LogP contribution in [0, 0.1) is 0 Å². The summed E-state index contributed by atoms with van der Waals surface area (Å²) in [6.45, 7) is 2.10. The lowest BCUT2D eigenvalue weighted by atomic mass is 10.0. The molecule has 2 aliphatic rings. The third-order valence-electron chi connectivity index (χ3n) is 3.66. The van der Waals surface area contributed by atoms with Gasteiger partial charge in [-0.3, -0.25) is 9.69 Å². The Morgan fingerprint density at radius 2 is 2.25 bits per heavy atom. The zero-order valence-corrected chi connectivity index (χ0v) is 9.73. The van der Waals surface area contributed by atoms with E-state index in [4.69, 9.17) is 4.74 Å². The van der Waals surface area contributed by atoms with Gasteiger partial charge in [0, 0.05) is 13.0 Å². The van der Waals surface area contributed by atoms with E-state index in [9.17, 15) is 9.90 Å². The second kappa shape index (κ2) is 5.75. The standard InChI is InChI=1S/C12H21NO3/c14-8-10-9-16-7-6-13(10)11-4-2-1-3-5-12(11)15/h10-11,14H,1-9H2. The highest BCUT2D eigenvalue weighted by Crippen LogP contribution is 2.22. The average molecular weight is 227 g/mol. The van der Waals surface area contributed by atoms with Gasteiger partial charge in [0.1, 0.15) is 5.78 Å². The van der Waals surface area contributed by atoms with E-state index < -0.39 is 0 Å². The van der Waals surface area contributed by atoms with Gasteiger partial charge in [0.2, 0.25) is 0 Å². The van der Waals surface area contributed by atoms with Crippen molar-refractivity contribution >= 4 is 5.78 Å². The number of carbonyl (C=O) groups excluding carboxylic acids is 1. The normalized spacial score (nSPS) is 33.7. The Hall–Kier alpha value is -0.450. The summed E-state index contributed by atoms with van der Waals surface area (Å²) in [5.41, 5.74) is 0. The van der Waals surface area contributed by atoms with Crippen LogP contribution >= 0.6 is 0 Å². The fourth-order valence-electron chi connectivity index (χ4n) is 2.73. The minimum Gasteiger partial charge on any atom is -0.395 e. The van der Waals surface area contributed by atoms with Crippen molar-refractivity contribution in [2.75, 3.05) is 26.4 Å². The fourth-order valence-corrected chi connectivity index (χ4v) is 2.73. The second-order valence-corrected chi connectivity index (χ2v) is 4.73. The van der Waals surface area contributed by atoms with Crippen LogP contribution in [0.25, 0.3) is 0 Å². The zero-order chi connectivity index (χ0) is 11.4. The molecule has 92 valence electrons. The highest BCUT2D eigenvalue weighted by Gasteiger charge is 2.33. The largest absolute Gasteiger partial charge is 0.395 e. The van der Waals surface area contributed by atoms with Crippen LogP contribution in [-0.4, -0.2) is 54.2 Å². The molecule has 2 rings (SSSR count). The Labute approximate surface area is 96.6 Å². The van der Waals surface area contributed by atoms with Crippen LogP contribution in [0.15, 0.2) is 0 Å². The van der Waals surface area contributed by atoms with Crippen molar-refractivity contribution in [2.24, 2.45) is 0 Å². The first-order valence-corrected chi connectivity index (χ1v) is 6.30. The van der Waals surface area contributed by atoms with Crippen LogP contribution in [0.1, 0.15) is 32.1 Å². The van der Waals surface area contributed by atoms with Gasteiger partial charge in [-0.15, -0.1) is 0 Å². The number of nitrogens with zero attached hydrogens (tertiary/aromatic N) is 1. The van der Waals surface area contributed by atoms with Crippen molar-refractivity contribution in [3.05, 3.63) is 0 Å². The molecule has 0 aromatic carbocycles. The van der Waals surface area contributed by atoms with Crippen molar-refractivity contribution in [3.8, 4) is 0 Å². The number of morpholine rings is 1. The molecule has 1 saturated heterocycles. The maximum Gasteiger partial charge on any atom is 0.149 e. The van der Waals surface area contributed by atoms with Gasteiger partial charge in [-0.2, -0.15) is 0 Å². The minimum atomic E-state index is 0.0146. The Morgan fingerprint density at radius 3 is 3.06 bits per heavy atom. The molecular formula is C12H21NO3. The number of ether oxygens (including phenoxy) is 1. The molecule has 0 bridgehead atoms. The Bertz CT molecular complexity index is 244. The van der Waals surface area contributed by atoms with Gasteiger partial charge in [0.25, 0.3) is 0 Å². The molecule has 4 nitrogen and oxygen atoms in total. The molecule has 2 atom stereocenters. The molecule has 0 aromatic rings. The lowest BCUT2D eigenvalue weighted by Crippen LogP contribution is -2.54. The lowest BCUT2D eigenvalue weighted by molar-refractivity contribution is -0.129. The van der Waals surface area contributed by atoms with Gasteiger partial charge >= 0.3 is 0 Å². The number of carbonyl (C=O) groups is 1. The monoisotopic (exact) mass is 227 g/mol. The van der Waals surface area contributed by atoms with Crippen molar-refractivity contribution in [2.45, 2.75) is 44.2 Å². The Balaban J connectivity index is 2.04. The Morgan fingerprint density at radius 1 is 1.38 bits per heavy atom. The van der Waals surface area contributed by atoms with Crippen LogP contribution in [0.4, 0.5) is 0 Å². The number of aliphatic hydroxyl groups excluding tert-OH is 1. The number of aliphatic hydroxyl groups is 1. The maximum atomic E-state index is 12.0. The van der Waals surface area contributed by atoms with Crippen LogP contribution in [-0.2, 0) is 9.53 Å². The van der Waals surface area contributed by atoms with E-state index in [1.165, 1.54) is 0 Å². The molecule has 2 unspecified atom stereocenters. The van der Waals surface area contributed by atoms with E-state index in [1.807, 2.05) is 0 Å². The zero-order valence-electron chi connectivity index (χ0n) is 9.73. The molecule has 1 N–H and O–H groups in total. The summed E-state index contributed by atoms with van der Waals surface area (Å²) in [5.74, 6) is 0.359. The van der Waals surface area contributed by atoms with E-state index in [0.717, 1.165) is 32.2 Å². The molecule has 0 radical (unpaired) electrons. The summed E-state index contributed by atoms with van der Waals surface area (Å²) in [4.78, 5) is 14.2. The molecule has 0 amide bonds. The molecule has 1 saturated carbocycles. The van der Waals surface area contributed by atoms with Gasteiger partial charge < -0.3 is 9.84 Å².